The molecule has 3 N–H and O–H groups in total. The van der Waals surface area contributed by atoms with Crippen LogP contribution >= 0.6 is 0 Å². The number of H-pyrrole nitrogens is 1. The van der Waals surface area contributed by atoms with E-state index < -0.39 is 0 Å². The highest BCUT2D eigenvalue weighted by Gasteiger charge is 2.01. The molecule has 0 atom stereocenters. The summed E-state index contributed by atoms with van der Waals surface area (Å²) in [5, 5.41) is 0. The van der Waals surface area contributed by atoms with Gasteiger partial charge in [0.05, 0.1) is 0 Å². The number of benzene rings is 1. The van der Waals surface area contributed by atoms with E-state index in [9.17, 15) is 0 Å². The Bertz CT molecular complexity index is 403. The van der Waals surface area contributed by atoms with E-state index in [1.165, 1.54) is 11.3 Å². The number of rotatable bonds is 3. The smallest absolute Gasteiger partial charge is 0.0441 e. The Balaban J connectivity index is 2.08. The minimum atomic E-state index is 0.800. The van der Waals surface area contributed by atoms with Gasteiger partial charge in [-0.1, -0.05) is 0 Å². The van der Waals surface area contributed by atoms with Crippen molar-refractivity contribution in [1.29, 1.82) is 0 Å². The number of anilines is 2. The van der Waals surface area contributed by atoms with Crippen LogP contribution in [0.25, 0.3) is 0 Å². The molecule has 0 aliphatic carbocycles. The molecule has 1 heterocycles. The summed E-state index contributed by atoms with van der Waals surface area (Å²) >= 11 is 0. The van der Waals surface area contributed by atoms with E-state index in [0.717, 1.165) is 12.2 Å². The number of nitrogens with one attached hydrogen (secondary N) is 1. The van der Waals surface area contributed by atoms with Gasteiger partial charge in [-0.3, -0.25) is 0 Å². The number of nitrogens with zero attached hydrogens (tertiary/aromatic N) is 1. The molecule has 3 heteroatoms. The average Bonchev–Trinajstić information content (AvgIpc) is 2.71. The highest BCUT2D eigenvalue weighted by molar-refractivity contribution is 5.52. The number of hydrogen-bond acceptors (Lipinski definition) is 2. The van der Waals surface area contributed by atoms with Crippen molar-refractivity contribution in [2.24, 2.45) is 0 Å². The normalized spacial score (nSPS) is 10.2. The fourth-order valence-electron chi connectivity index (χ4n) is 1.55. The van der Waals surface area contributed by atoms with Crippen LogP contribution < -0.4 is 10.6 Å². The Labute approximate surface area is 89.5 Å². The maximum atomic E-state index is 5.64. The molecule has 3 nitrogen and oxygen atoms in total. The van der Waals surface area contributed by atoms with Crippen LogP contribution in [0.2, 0.25) is 0 Å². The first-order valence-corrected chi connectivity index (χ1v) is 4.94. The predicted octanol–water partition coefficient (Wildman–Crippen LogP) is 2.23. The lowest BCUT2D eigenvalue weighted by molar-refractivity contribution is 0.925. The van der Waals surface area contributed by atoms with Gasteiger partial charge in [0.1, 0.15) is 0 Å². The topological polar surface area (TPSA) is 45.0 Å². The van der Waals surface area contributed by atoms with Crippen molar-refractivity contribution in [1.82, 2.24) is 4.98 Å². The van der Waals surface area contributed by atoms with Crippen molar-refractivity contribution in [2.45, 2.75) is 6.54 Å². The van der Waals surface area contributed by atoms with E-state index in [0.29, 0.717) is 0 Å². The zero-order valence-electron chi connectivity index (χ0n) is 8.77. The number of nitrogen functional groups attached to an aromatic ring is 1. The Kier molecular flexibility index (Phi) is 2.63. The monoisotopic (exact) mass is 201 g/mol. The summed E-state index contributed by atoms with van der Waals surface area (Å²) in [5.74, 6) is 0. The summed E-state index contributed by atoms with van der Waals surface area (Å²) in [7, 11) is 2.07. The molecule has 0 unspecified atom stereocenters. The van der Waals surface area contributed by atoms with Gasteiger partial charge in [-0.25, -0.2) is 0 Å². The Morgan fingerprint density at radius 3 is 2.53 bits per heavy atom. The lowest BCUT2D eigenvalue weighted by atomic mass is 10.2. The largest absolute Gasteiger partial charge is 0.399 e. The molecular weight excluding hydrogens is 186 g/mol. The molecule has 1 aromatic carbocycles. The number of nitrogens with two attached hydrogens (primary N) is 1. The van der Waals surface area contributed by atoms with Crippen LogP contribution in [0.4, 0.5) is 11.4 Å². The van der Waals surface area contributed by atoms with Gasteiger partial charge < -0.3 is 15.6 Å². The van der Waals surface area contributed by atoms with E-state index in [4.69, 9.17) is 5.73 Å². The molecule has 0 saturated heterocycles. The molecule has 0 fully saturated rings. The van der Waals surface area contributed by atoms with Crippen molar-refractivity contribution in [3.05, 3.63) is 48.3 Å². The standard InChI is InChI=1S/C12H15N3/c1-15(9-10-6-7-14-8-10)12-4-2-11(13)3-5-12/h2-8,14H,9,13H2,1H3. The molecule has 2 aromatic rings. The van der Waals surface area contributed by atoms with Crippen LogP contribution in [0.15, 0.2) is 42.7 Å². The molecule has 2 rings (SSSR count). The third kappa shape index (κ3) is 2.31. The zero-order valence-corrected chi connectivity index (χ0v) is 8.77. The van der Waals surface area contributed by atoms with E-state index in [1.54, 1.807) is 0 Å². The molecule has 78 valence electrons. The summed E-state index contributed by atoms with van der Waals surface area (Å²) in [5.41, 5.74) is 8.88. The zero-order chi connectivity index (χ0) is 10.7. The molecule has 1 aromatic heterocycles. The second kappa shape index (κ2) is 4.09. The van der Waals surface area contributed by atoms with Crippen LogP contribution in [-0.2, 0) is 6.54 Å². The van der Waals surface area contributed by atoms with Crippen LogP contribution in [0.5, 0.6) is 0 Å². The Hall–Kier alpha value is -1.90. The third-order valence-electron chi connectivity index (χ3n) is 2.42. The third-order valence-corrected chi connectivity index (χ3v) is 2.42. The van der Waals surface area contributed by atoms with Gasteiger partial charge >= 0.3 is 0 Å². The molecular formula is C12H15N3. The van der Waals surface area contributed by atoms with E-state index >= 15 is 0 Å². The highest BCUT2D eigenvalue weighted by Crippen LogP contribution is 2.16. The molecule has 0 saturated carbocycles. The molecule has 0 amide bonds. The van der Waals surface area contributed by atoms with Crippen LogP contribution in [0, 0.1) is 0 Å². The summed E-state index contributed by atoms with van der Waals surface area (Å²) < 4.78 is 0. The lowest BCUT2D eigenvalue weighted by Gasteiger charge is -2.18. The second-order valence-corrected chi connectivity index (χ2v) is 3.67. The van der Waals surface area contributed by atoms with Gasteiger partial charge in [-0.15, -0.1) is 0 Å². The van der Waals surface area contributed by atoms with E-state index in [1.807, 2.05) is 36.7 Å². The number of aromatic amines is 1. The molecule has 15 heavy (non-hydrogen) atoms. The fraction of sp³-hybridized carbons (Fsp3) is 0.167. The van der Waals surface area contributed by atoms with Crippen LogP contribution in [0.1, 0.15) is 5.56 Å². The fourth-order valence-corrected chi connectivity index (χ4v) is 1.55. The van der Waals surface area contributed by atoms with Crippen molar-refractivity contribution in [2.75, 3.05) is 17.7 Å². The quantitative estimate of drug-likeness (QED) is 0.748. The Morgan fingerprint density at radius 2 is 1.93 bits per heavy atom. The van der Waals surface area contributed by atoms with E-state index in [2.05, 4.69) is 23.0 Å². The van der Waals surface area contributed by atoms with Crippen molar-refractivity contribution < 1.29 is 0 Å². The maximum absolute atomic E-state index is 5.64. The van der Waals surface area contributed by atoms with E-state index in [-0.39, 0.29) is 0 Å². The van der Waals surface area contributed by atoms with Gasteiger partial charge in [-0.05, 0) is 35.9 Å². The minimum absolute atomic E-state index is 0.800. The van der Waals surface area contributed by atoms with Crippen molar-refractivity contribution in [3.8, 4) is 0 Å². The number of hydrogen-bond donors (Lipinski definition) is 2. The summed E-state index contributed by atoms with van der Waals surface area (Å²) in [6.45, 7) is 0.896. The van der Waals surface area contributed by atoms with Gasteiger partial charge in [0.2, 0.25) is 0 Å². The molecule has 0 aliphatic heterocycles. The summed E-state index contributed by atoms with van der Waals surface area (Å²) in [6, 6.07) is 9.98. The SMILES string of the molecule is CN(Cc1cc[nH]c1)c1ccc(N)cc1. The van der Waals surface area contributed by atoms with Gasteiger partial charge in [0.25, 0.3) is 0 Å². The summed E-state index contributed by atoms with van der Waals surface area (Å²) in [4.78, 5) is 5.23. The Morgan fingerprint density at radius 1 is 1.20 bits per heavy atom. The summed E-state index contributed by atoms with van der Waals surface area (Å²) in [6.07, 6.45) is 3.94. The minimum Gasteiger partial charge on any atom is -0.399 e. The molecule has 0 aliphatic rings. The van der Waals surface area contributed by atoms with Crippen molar-refractivity contribution >= 4 is 11.4 Å². The first-order valence-electron chi connectivity index (χ1n) is 4.94. The van der Waals surface area contributed by atoms with Crippen LogP contribution in [0.3, 0.4) is 0 Å². The highest BCUT2D eigenvalue weighted by atomic mass is 15.1. The van der Waals surface area contributed by atoms with Gasteiger partial charge in [0.15, 0.2) is 0 Å². The van der Waals surface area contributed by atoms with Gasteiger partial charge in [0, 0.05) is 37.4 Å². The van der Waals surface area contributed by atoms with Gasteiger partial charge in [-0.2, -0.15) is 0 Å². The average molecular weight is 201 g/mol. The maximum Gasteiger partial charge on any atom is 0.0441 e. The second-order valence-electron chi connectivity index (χ2n) is 3.67. The molecule has 0 bridgehead atoms. The first kappa shape index (κ1) is 9.65. The molecule has 0 spiro atoms. The number of aromatic nitrogens is 1. The molecule has 0 radical (unpaired) electrons. The van der Waals surface area contributed by atoms with Crippen LogP contribution in [-0.4, -0.2) is 12.0 Å². The first-order chi connectivity index (χ1) is 7.25. The lowest BCUT2D eigenvalue weighted by Crippen LogP contribution is -2.15. The van der Waals surface area contributed by atoms with Crippen molar-refractivity contribution in [3.63, 3.8) is 0 Å². The predicted molar refractivity (Wildman–Crippen MR) is 63.8 cm³/mol.